The average Bonchev–Trinajstić information content (AvgIpc) is 3.63. The van der Waals surface area contributed by atoms with Crippen LogP contribution in [0.2, 0.25) is 0 Å². The van der Waals surface area contributed by atoms with E-state index in [9.17, 15) is 40.4 Å². The summed E-state index contributed by atoms with van der Waals surface area (Å²) in [4.78, 5) is 53.9. The van der Waals surface area contributed by atoms with E-state index in [-0.39, 0.29) is 64.3 Å². The quantitative estimate of drug-likeness (QED) is 0.0138. The van der Waals surface area contributed by atoms with Crippen molar-refractivity contribution >= 4 is 45.5 Å². The molecule has 2 amide bonds. The topological polar surface area (TPSA) is 296 Å². The van der Waals surface area contributed by atoms with Crippen LogP contribution in [0.5, 0.6) is 5.75 Å². The Morgan fingerprint density at radius 1 is 0.658 bits per heavy atom. The second-order valence-corrected chi connectivity index (χ2v) is 17.7. The van der Waals surface area contributed by atoms with Crippen molar-refractivity contribution in [3.63, 3.8) is 0 Å². The Labute approximate surface area is 454 Å². The number of aromatic nitrogens is 2. The molecule has 2 aromatic carbocycles. The molecule has 440 valence electrons. The summed E-state index contributed by atoms with van der Waals surface area (Å²) in [5.41, 5.74) is 9.45. The Balaban J connectivity index is 0.863. The molecular formula is C50H68F4N6O18S. The molecule has 0 aliphatic carbocycles. The number of nitrogens with zero attached hydrogens (tertiary/aromatic N) is 4. The number of nitrogens with one attached hydrogen (secondary N) is 1. The van der Waals surface area contributed by atoms with Crippen LogP contribution in [0.1, 0.15) is 49.3 Å². The highest BCUT2D eigenvalue weighted by atomic mass is 32.2. The number of fused-ring (bicyclic) bond motifs is 1. The van der Waals surface area contributed by atoms with Crippen LogP contribution in [0, 0.1) is 23.3 Å². The molecule has 1 aliphatic heterocycles. The minimum Gasteiger partial charge on any atom is -0.420 e. The van der Waals surface area contributed by atoms with Gasteiger partial charge in [0.05, 0.1) is 151 Å². The van der Waals surface area contributed by atoms with Gasteiger partial charge in [0.2, 0.25) is 23.2 Å². The number of hydrogen-bond donors (Lipinski definition) is 3. The molecule has 79 heavy (non-hydrogen) atoms. The predicted octanol–water partition coefficient (Wildman–Crippen LogP) is 3.80. The van der Waals surface area contributed by atoms with Gasteiger partial charge in [-0.2, -0.15) is 17.2 Å². The number of hydroxylamine groups is 2. The Bertz CT molecular complexity index is 2500. The summed E-state index contributed by atoms with van der Waals surface area (Å²) in [5, 5.41) is 4.09. The number of ether oxygens (including phenoxy) is 11. The molecule has 29 heteroatoms. The molecular weight excluding hydrogens is 1080 g/mol. The normalized spacial score (nSPS) is 12.4. The van der Waals surface area contributed by atoms with Crippen molar-refractivity contribution in [3.05, 3.63) is 70.8 Å². The molecule has 0 unspecified atom stereocenters. The lowest BCUT2D eigenvalue weighted by Crippen LogP contribution is -2.34. The van der Waals surface area contributed by atoms with E-state index in [4.69, 9.17) is 62.5 Å². The fourth-order valence-electron chi connectivity index (χ4n) is 6.67. The number of amides is 2. The average molecular weight is 1150 g/mol. The maximum absolute atomic E-state index is 14.0. The summed E-state index contributed by atoms with van der Waals surface area (Å²) >= 11 is 0. The van der Waals surface area contributed by atoms with Gasteiger partial charge in [0.25, 0.3) is 11.8 Å². The van der Waals surface area contributed by atoms with Gasteiger partial charge in [0.15, 0.2) is 16.5 Å². The molecule has 0 bridgehead atoms. The van der Waals surface area contributed by atoms with Crippen molar-refractivity contribution in [2.45, 2.75) is 38.0 Å². The third kappa shape index (κ3) is 24.3. The van der Waals surface area contributed by atoms with Crippen LogP contribution in [0.3, 0.4) is 0 Å². The molecule has 0 saturated heterocycles. The minimum absolute atomic E-state index is 0.00856. The smallest absolute Gasteiger partial charge is 0.313 e. The van der Waals surface area contributed by atoms with Crippen molar-refractivity contribution in [2.24, 2.45) is 10.7 Å². The van der Waals surface area contributed by atoms with E-state index < -0.39 is 62.3 Å². The molecule has 4 N–H and O–H groups in total. The molecule has 4 rings (SSSR count). The first kappa shape index (κ1) is 65.8. The van der Waals surface area contributed by atoms with E-state index in [0.717, 1.165) is 17.5 Å². The lowest BCUT2D eigenvalue weighted by atomic mass is 10.0. The number of nitrogens with two attached hydrogens (primary N) is 1. The summed E-state index contributed by atoms with van der Waals surface area (Å²) < 4.78 is 145. The van der Waals surface area contributed by atoms with Crippen LogP contribution < -0.4 is 15.8 Å². The number of rotatable bonds is 42. The first-order valence-electron chi connectivity index (χ1n) is 25.2. The second-order valence-electron chi connectivity index (χ2n) is 16.3. The van der Waals surface area contributed by atoms with Gasteiger partial charge in [-0.25, -0.2) is 28.8 Å². The van der Waals surface area contributed by atoms with E-state index in [2.05, 4.69) is 25.0 Å². The number of aliphatic imine (C=N–C) groups is 1. The van der Waals surface area contributed by atoms with Gasteiger partial charge in [0.1, 0.15) is 5.84 Å². The largest absolute Gasteiger partial charge is 0.420 e. The van der Waals surface area contributed by atoms with E-state index in [1.807, 2.05) is 32.0 Å². The summed E-state index contributed by atoms with van der Waals surface area (Å²) in [5.74, 6) is -13.1. The van der Waals surface area contributed by atoms with Crippen LogP contribution in [0.4, 0.5) is 23.2 Å². The van der Waals surface area contributed by atoms with Gasteiger partial charge in [-0.3, -0.25) is 23.8 Å². The number of carbonyl (C=O) groups excluding carboxylic acids is 3. The summed E-state index contributed by atoms with van der Waals surface area (Å²) in [6.07, 6.45) is 5.23. The fourth-order valence-corrected chi connectivity index (χ4v) is 7.30. The highest BCUT2D eigenvalue weighted by molar-refractivity contribution is 7.85. The van der Waals surface area contributed by atoms with Gasteiger partial charge in [-0.05, 0) is 31.1 Å². The first-order valence-corrected chi connectivity index (χ1v) is 26.6. The highest BCUT2D eigenvalue weighted by Gasteiger charge is 2.34. The third-order valence-corrected chi connectivity index (χ3v) is 11.3. The predicted molar refractivity (Wildman–Crippen MR) is 272 cm³/mol. The molecule has 0 spiro atoms. The van der Waals surface area contributed by atoms with Gasteiger partial charge >= 0.3 is 16.1 Å². The van der Waals surface area contributed by atoms with Gasteiger partial charge < -0.3 is 63.2 Å². The highest BCUT2D eigenvalue weighted by Crippen LogP contribution is 2.34. The molecule has 2 heterocycles. The summed E-state index contributed by atoms with van der Waals surface area (Å²) in [7, 11) is -5.65. The van der Waals surface area contributed by atoms with E-state index in [0.29, 0.717) is 128 Å². The van der Waals surface area contributed by atoms with E-state index in [1.165, 1.54) is 5.06 Å². The van der Waals surface area contributed by atoms with Crippen LogP contribution in [0.25, 0.3) is 17.2 Å². The number of benzene rings is 2. The Morgan fingerprint density at radius 2 is 1.11 bits per heavy atom. The number of esters is 1. The molecule has 3 aromatic rings. The maximum atomic E-state index is 14.0. The zero-order valence-electron chi connectivity index (χ0n) is 44.0. The van der Waals surface area contributed by atoms with Crippen molar-refractivity contribution in [1.29, 1.82) is 0 Å². The Hall–Kier alpha value is -5.67. The Kier molecular flexibility index (Phi) is 31.1. The number of carbonyl (C=O) groups is 3. The van der Waals surface area contributed by atoms with Crippen molar-refractivity contribution < 1.29 is 102 Å². The van der Waals surface area contributed by atoms with Crippen molar-refractivity contribution in [1.82, 2.24) is 20.3 Å². The van der Waals surface area contributed by atoms with Crippen LogP contribution >= 0.6 is 0 Å². The fraction of sp³-hybridized carbons (Fsp3) is 0.560. The SMILES string of the molecule is CCCN(OCC)C(=O)C1=Cc2ccc(-c3cnc(C(=O)NCCOCCOCCOCCOCCOCCOCCOCCOCCOCCOCCC(=O)Oc4c(F)c(F)c(S(=O)(=O)O)c(F)c4F)nc3)cc2N=C(N)C1. The molecule has 0 saturated carbocycles. The molecule has 0 atom stereocenters. The molecule has 0 fully saturated rings. The van der Waals surface area contributed by atoms with E-state index >= 15 is 0 Å². The standard InChI is InChI=1S/C50H68F4N6O18S/c1-3-9-60(77-4-2)50(63)37-30-36-6-5-35(31-39(36)59-40(55)32-37)38-33-57-48(58-34-38)49(62)56-8-11-68-13-15-70-17-19-72-21-23-74-25-27-76-29-28-75-26-24-73-22-20-71-18-16-69-14-12-67-10-7-41(61)78-46-42(51)44(53)47(79(64,65)66)45(54)43(46)52/h5-6,30-31,33-34H,3-4,7-29,32H2,1-2H3,(H2,55,59)(H,56,62)(H,64,65,66). The second kappa shape index (κ2) is 37.3. The monoisotopic (exact) mass is 1150 g/mol. The zero-order valence-corrected chi connectivity index (χ0v) is 44.8. The van der Waals surface area contributed by atoms with Gasteiger partial charge in [-0.15, -0.1) is 0 Å². The van der Waals surface area contributed by atoms with Gasteiger partial charge in [-0.1, -0.05) is 19.1 Å². The maximum Gasteiger partial charge on any atom is 0.313 e. The molecule has 24 nitrogen and oxygen atoms in total. The van der Waals surface area contributed by atoms with E-state index in [1.54, 1.807) is 18.5 Å². The summed E-state index contributed by atoms with van der Waals surface area (Å²) in [6.45, 7) is 10.6. The van der Waals surface area contributed by atoms with Crippen molar-refractivity contribution in [2.75, 3.05) is 152 Å². The zero-order chi connectivity index (χ0) is 57.3. The van der Waals surface area contributed by atoms with Gasteiger partial charge in [0, 0.05) is 48.6 Å². The third-order valence-electron chi connectivity index (χ3n) is 10.4. The van der Waals surface area contributed by atoms with Crippen LogP contribution in [-0.4, -0.2) is 203 Å². The lowest BCUT2D eigenvalue weighted by molar-refractivity contribution is -0.180. The number of amidine groups is 1. The molecule has 1 aliphatic rings. The summed E-state index contributed by atoms with van der Waals surface area (Å²) in [6, 6.07) is 5.54. The minimum atomic E-state index is -5.65. The van der Waals surface area contributed by atoms with Crippen molar-refractivity contribution in [3.8, 4) is 16.9 Å². The van der Waals surface area contributed by atoms with Crippen LogP contribution in [-0.2, 0) is 71.9 Å². The molecule has 1 aromatic heterocycles. The van der Waals surface area contributed by atoms with Crippen LogP contribution in [0.15, 0.2) is 46.1 Å². The Morgan fingerprint density at radius 3 is 1.56 bits per heavy atom. The molecule has 0 radical (unpaired) electrons. The number of hydrogen-bond acceptors (Lipinski definition) is 21. The number of halogens is 4. The lowest BCUT2D eigenvalue weighted by Gasteiger charge is -2.21. The first-order chi connectivity index (χ1) is 38.2.